The number of hydrogen-bond donors (Lipinski definition) is 4. The first-order valence-electron chi connectivity index (χ1n) is 25.5. The van der Waals surface area contributed by atoms with Gasteiger partial charge in [0.05, 0.1) is 46.6 Å². The van der Waals surface area contributed by atoms with E-state index in [1.807, 2.05) is 31.6 Å². The zero-order chi connectivity index (χ0) is 52.0. The number of nitrogens with zero attached hydrogens (tertiary/aromatic N) is 11. The molecule has 3 aromatic heterocycles. The third-order valence-electron chi connectivity index (χ3n) is 15.2. The molecular formula is C52H60BrN15O6S. The van der Waals surface area contributed by atoms with Crippen molar-refractivity contribution in [2.45, 2.75) is 57.2 Å². The number of nitrogens with one attached hydrogen (secondary N) is 4. The van der Waals surface area contributed by atoms with Crippen molar-refractivity contribution in [3.63, 3.8) is 0 Å². The van der Waals surface area contributed by atoms with Gasteiger partial charge in [-0.15, -0.1) is 0 Å². The Morgan fingerprint density at radius 2 is 1.60 bits per heavy atom. The minimum absolute atomic E-state index is 0.135. The number of halogens is 1. The molecule has 8 heterocycles. The van der Waals surface area contributed by atoms with Crippen LogP contribution in [-0.2, 0) is 33.2 Å². The van der Waals surface area contributed by atoms with E-state index in [-0.39, 0.29) is 35.8 Å². The van der Waals surface area contributed by atoms with E-state index in [1.165, 1.54) is 6.20 Å². The van der Waals surface area contributed by atoms with E-state index in [4.69, 9.17) is 9.72 Å². The van der Waals surface area contributed by atoms with Crippen LogP contribution in [0.2, 0.25) is 0 Å². The zero-order valence-electron chi connectivity index (χ0n) is 42.1. The molecule has 4 saturated heterocycles. The van der Waals surface area contributed by atoms with Gasteiger partial charge in [-0.3, -0.25) is 44.0 Å². The van der Waals surface area contributed by atoms with Gasteiger partial charge in [-0.2, -0.15) is 10.1 Å². The quantitative estimate of drug-likeness (QED) is 0.0958. The van der Waals surface area contributed by atoms with Crippen LogP contribution in [0.5, 0.6) is 5.75 Å². The highest BCUT2D eigenvalue weighted by atomic mass is 79.9. The number of imide groups is 1. The van der Waals surface area contributed by atoms with Crippen LogP contribution in [-0.4, -0.2) is 155 Å². The second-order valence-corrected chi connectivity index (χ2v) is 22.7. The van der Waals surface area contributed by atoms with Gasteiger partial charge in [-0.05, 0) is 95.9 Å². The summed E-state index contributed by atoms with van der Waals surface area (Å²) in [5.41, 5.74) is 7.98. The van der Waals surface area contributed by atoms with Gasteiger partial charge in [0, 0.05) is 144 Å². The average Bonchev–Trinajstić information content (AvgIpc) is 3.99. The number of sulfonamides is 1. The molecule has 4 fully saturated rings. The lowest BCUT2D eigenvalue weighted by atomic mass is 9.95. The maximum atomic E-state index is 13.3. The van der Waals surface area contributed by atoms with Gasteiger partial charge in [-0.1, -0.05) is 0 Å². The fraction of sp³-hybridized carbons (Fsp3) is 0.423. The Balaban J connectivity index is 0.699. The molecule has 0 bridgehead atoms. The number of hydrogen-bond acceptors (Lipinski definition) is 17. The maximum Gasteiger partial charge on any atom is 0.255 e. The summed E-state index contributed by atoms with van der Waals surface area (Å²) in [7, 11) is -0.111. The third-order valence-corrected chi connectivity index (χ3v) is 16.4. The molecule has 1 atom stereocenters. The molecule has 75 heavy (non-hydrogen) atoms. The van der Waals surface area contributed by atoms with Gasteiger partial charge in [0.15, 0.2) is 0 Å². The van der Waals surface area contributed by atoms with Crippen LogP contribution in [0.3, 0.4) is 0 Å². The summed E-state index contributed by atoms with van der Waals surface area (Å²) in [5, 5.41) is 13.6. The van der Waals surface area contributed by atoms with Crippen molar-refractivity contribution in [3.8, 4) is 16.9 Å². The number of methoxy groups -OCH3 is 1. The SMILES string of the molecule is COc1cc(N2CCC(N3CCN(CC4CCN(c5ccc6c(c5)CN(C5CCC(=O)NC5=O)C6=O)CC4)CC3)CC2)c(-c2cnn(C)c2)cc1Nc1ncc(Br)c(Nc2ccc3nccnc3c2NS(C)(=O)=O)n1. The van der Waals surface area contributed by atoms with E-state index in [2.05, 4.69) is 94.5 Å². The van der Waals surface area contributed by atoms with Crippen molar-refractivity contribution in [3.05, 3.63) is 89.0 Å². The van der Waals surface area contributed by atoms with Crippen molar-refractivity contribution in [2.75, 3.05) is 97.4 Å². The predicted molar refractivity (Wildman–Crippen MR) is 290 cm³/mol. The monoisotopic (exact) mass is 1100 g/mol. The molecular weight excluding hydrogens is 1040 g/mol. The predicted octanol–water partition coefficient (Wildman–Crippen LogP) is 5.71. The summed E-state index contributed by atoms with van der Waals surface area (Å²) >= 11 is 3.56. The molecule has 0 radical (unpaired) electrons. The maximum absolute atomic E-state index is 13.3. The van der Waals surface area contributed by atoms with Gasteiger partial charge in [0.25, 0.3) is 5.91 Å². The highest BCUT2D eigenvalue weighted by Gasteiger charge is 2.40. The number of piperazine rings is 1. The number of aromatic nitrogens is 6. The number of carbonyl (C=O) groups excluding carboxylic acids is 3. The minimum Gasteiger partial charge on any atom is -0.494 e. The third kappa shape index (κ3) is 10.8. The van der Waals surface area contributed by atoms with E-state index in [0.29, 0.717) is 68.9 Å². The van der Waals surface area contributed by atoms with E-state index >= 15 is 0 Å². The van der Waals surface area contributed by atoms with Gasteiger partial charge < -0.3 is 35.0 Å². The Labute approximate surface area is 443 Å². The number of anilines is 7. The summed E-state index contributed by atoms with van der Waals surface area (Å²) in [6, 6.07) is 13.6. The number of benzene rings is 3. The van der Waals surface area contributed by atoms with Crippen LogP contribution in [0.25, 0.3) is 22.2 Å². The highest BCUT2D eigenvalue weighted by molar-refractivity contribution is 9.10. The van der Waals surface area contributed by atoms with Crippen LogP contribution < -0.4 is 35.2 Å². The standard InChI is InChI=1S/C52H60BrN15O6S/c1-63-30-34(27-57-63)38-25-42(59-52-56-28-39(53)49(61-52)58-41-7-6-40-47(55-15-14-54-40)48(41)62-75(3,72)73)45(74-2)26-44(38)67-18-12-35(13-19-67)66-22-20-64(21-23-66)29-32-10-16-65(17-11-32)36-4-5-37-33(24-36)31-68(51(37)71)43-8-9-46(69)60-50(43)70/h4-7,14-15,24-28,30,32,35,43,62H,8-13,16-23,29,31H2,1-3H3,(H,60,69,70)(H2,56,58,59,61). The average molecular weight is 1100 g/mol. The Kier molecular flexibility index (Phi) is 14.1. The molecule has 1 unspecified atom stereocenters. The zero-order valence-corrected chi connectivity index (χ0v) is 44.5. The van der Waals surface area contributed by atoms with Crippen molar-refractivity contribution in [1.29, 1.82) is 0 Å². The molecule has 0 saturated carbocycles. The van der Waals surface area contributed by atoms with Gasteiger partial charge >= 0.3 is 0 Å². The number of amides is 3. The second-order valence-electron chi connectivity index (χ2n) is 20.1. The Morgan fingerprint density at radius 1 is 0.827 bits per heavy atom. The summed E-state index contributed by atoms with van der Waals surface area (Å²) in [5.74, 6) is 1.13. The number of ether oxygens (including phenoxy) is 1. The molecule has 5 aliphatic rings. The Bertz CT molecular complexity index is 3280. The number of fused-ring (bicyclic) bond motifs is 2. The van der Waals surface area contributed by atoms with E-state index in [1.54, 1.807) is 41.2 Å². The lowest BCUT2D eigenvalue weighted by Gasteiger charge is -2.44. The van der Waals surface area contributed by atoms with Gasteiger partial charge in [-0.25, -0.2) is 13.4 Å². The number of rotatable bonds is 14. The molecule has 21 nitrogen and oxygen atoms in total. The number of carbonyl (C=O) groups is 3. The summed E-state index contributed by atoms with van der Waals surface area (Å²) in [6.45, 7) is 9.50. The van der Waals surface area contributed by atoms with Crippen molar-refractivity contribution >= 4 is 94.9 Å². The normalized spacial score (nSPS) is 19.4. The smallest absolute Gasteiger partial charge is 0.255 e. The molecule has 6 aromatic rings. The van der Waals surface area contributed by atoms with Crippen LogP contribution in [0, 0.1) is 5.92 Å². The molecule has 0 aliphatic carbocycles. The minimum atomic E-state index is -3.67. The van der Waals surface area contributed by atoms with Crippen molar-refractivity contribution in [1.82, 2.24) is 49.7 Å². The molecule has 0 spiro atoms. The van der Waals surface area contributed by atoms with Crippen LogP contribution >= 0.6 is 15.9 Å². The van der Waals surface area contributed by atoms with Crippen LogP contribution in [0.15, 0.2) is 77.9 Å². The lowest BCUT2D eigenvalue weighted by Crippen LogP contribution is -2.54. The fourth-order valence-electron chi connectivity index (χ4n) is 11.4. The van der Waals surface area contributed by atoms with E-state index < -0.39 is 16.1 Å². The molecule has 392 valence electrons. The first-order chi connectivity index (χ1) is 36.2. The number of piperidine rings is 3. The molecule has 4 N–H and O–H groups in total. The summed E-state index contributed by atoms with van der Waals surface area (Å²) < 4.78 is 35.9. The fourth-order valence-corrected chi connectivity index (χ4v) is 12.2. The molecule has 3 aromatic carbocycles. The van der Waals surface area contributed by atoms with Gasteiger partial charge in [0.2, 0.25) is 27.8 Å². The van der Waals surface area contributed by atoms with E-state index in [9.17, 15) is 22.8 Å². The summed E-state index contributed by atoms with van der Waals surface area (Å²) in [4.78, 5) is 67.5. The largest absolute Gasteiger partial charge is 0.494 e. The van der Waals surface area contributed by atoms with Crippen molar-refractivity contribution in [2.24, 2.45) is 13.0 Å². The van der Waals surface area contributed by atoms with Gasteiger partial charge in [0.1, 0.15) is 23.1 Å². The first-order valence-corrected chi connectivity index (χ1v) is 28.1. The molecule has 3 amide bonds. The Hall–Kier alpha value is -6.95. The summed E-state index contributed by atoms with van der Waals surface area (Å²) in [6.07, 6.45) is 14.6. The van der Waals surface area contributed by atoms with Crippen LogP contribution in [0.1, 0.15) is 54.4 Å². The van der Waals surface area contributed by atoms with Crippen molar-refractivity contribution < 1.29 is 27.5 Å². The highest BCUT2D eigenvalue weighted by Crippen LogP contribution is 2.42. The first kappa shape index (κ1) is 50.2. The topological polar surface area (TPSA) is 228 Å². The van der Waals surface area contributed by atoms with E-state index in [0.717, 1.165) is 119 Å². The molecule has 5 aliphatic heterocycles. The lowest BCUT2D eigenvalue weighted by molar-refractivity contribution is -0.136. The Morgan fingerprint density at radius 3 is 2.33 bits per heavy atom. The second kappa shape index (κ2) is 21.0. The van der Waals surface area contributed by atoms with Crippen LogP contribution in [0.4, 0.5) is 40.2 Å². The number of aryl methyl sites for hydroxylation is 1. The molecule has 23 heteroatoms. The molecule has 11 rings (SSSR count).